The molecule has 0 saturated carbocycles. The van der Waals surface area contributed by atoms with Gasteiger partial charge in [0.25, 0.3) is 0 Å². The Morgan fingerprint density at radius 2 is 1.50 bits per heavy atom. The molecule has 0 aromatic heterocycles. The third-order valence-corrected chi connectivity index (χ3v) is 6.87. The fourth-order valence-electron chi connectivity index (χ4n) is 3.59. The SMILES string of the molecule is C=CC(C)(C)[C@H](O)[C@H]1NS(=O)(=O)OC[C@@H](O)[C@@H](OC(=O)c2ccccc2)[C@@H]1OC(=O)c1ccccc1. The Balaban J connectivity index is 2.08. The van der Waals surface area contributed by atoms with Crippen molar-refractivity contribution in [3.63, 3.8) is 0 Å². The minimum absolute atomic E-state index is 0.123. The number of esters is 2. The molecular formula is C25H29NO9S. The quantitative estimate of drug-likeness (QED) is 0.366. The van der Waals surface area contributed by atoms with Gasteiger partial charge in [0.1, 0.15) is 6.10 Å². The highest BCUT2D eigenvalue weighted by Gasteiger charge is 2.49. The molecule has 0 bridgehead atoms. The Hall–Kier alpha value is -3.09. The van der Waals surface area contributed by atoms with Gasteiger partial charge >= 0.3 is 22.2 Å². The Bertz CT molecular complexity index is 1170. The Labute approximate surface area is 209 Å². The minimum Gasteiger partial charge on any atom is -0.453 e. The summed E-state index contributed by atoms with van der Waals surface area (Å²) >= 11 is 0. The number of carbonyl (C=O) groups excluding carboxylic acids is 2. The van der Waals surface area contributed by atoms with Crippen LogP contribution in [0.1, 0.15) is 34.6 Å². The molecule has 11 heteroatoms. The summed E-state index contributed by atoms with van der Waals surface area (Å²) in [6, 6.07) is 14.1. The molecule has 36 heavy (non-hydrogen) atoms. The summed E-state index contributed by atoms with van der Waals surface area (Å²) < 4.78 is 43.2. The van der Waals surface area contributed by atoms with Crippen LogP contribution in [0.5, 0.6) is 0 Å². The molecule has 1 heterocycles. The summed E-state index contributed by atoms with van der Waals surface area (Å²) in [6.45, 7) is 6.03. The molecule has 2 aromatic carbocycles. The van der Waals surface area contributed by atoms with Crippen LogP contribution in [0.3, 0.4) is 0 Å². The summed E-state index contributed by atoms with van der Waals surface area (Å²) in [5, 5.41) is 22.0. The number of hydrogen-bond donors (Lipinski definition) is 3. The van der Waals surface area contributed by atoms with Gasteiger partial charge in [0, 0.05) is 5.41 Å². The molecule has 0 unspecified atom stereocenters. The molecule has 3 rings (SSSR count). The lowest BCUT2D eigenvalue weighted by Crippen LogP contribution is -2.64. The van der Waals surface area contributed by atoms with Crippen LogP contribution in [0.2, 0.25) is 0 Å². The molecule has 3 N–H and O–H groups in total. The summed E-state index contributed by atoms with van der Waals surface area (Å²) in [7, 11) is -4.51. The number of rotatable bonds is 7. The van der Waals surface area contributed by atoms with E-state index < -0.39 is 64.7 Å². The molecular weight excluding hydrogens is 490 g/mol. The van der Waals surface area contributed by atoms with Crippen molar-refractivity contribution >= 4 is 22.2 Å². The van der Waals surface area contributed by atoms with Crippen LogP contribution < -0.4 is 4.72 Å². The molecule has 2 aromatic rings. The highest BCUT2D eigenvalue weighted by molar-refractivity contribution is 7.84. The van der Waals surface area contributed by atoms with E-state index in [1.807, 2.05) is 0 Å². The predicted octanol–water partition coefficient (Wildman–Crippen LogP) is 1.60. The van der Waals surface area contributed by atoms with Gasteiger partial charge in [-0.1, -0.05) is 56.3 Å². The molecule has 5 atom stereocenters. The van der Waals surface area contributed by atoms with Gasteiger partial charge in [-0.3, -0.25) is 4.18 Å². The predicted molar refractivity (Wildman–Crippen MR) is 129 cm³/mol. The van der Waals surface area contributed by atoms with Crippen LogP contribution in [0, 0.1) is 5.41 Å². The van der Waals surface area contributed by atoms with Gasteiger partial charge in [-0.2, -0.15) is 13.1 Å². The van der Waals surface area contributed by atoms with Crippen molar-refractivity contribution in [2.24, 2.45) is 5.41 Å². The molecule has 1 fully saturated rings. The van der Waals surface area contributed by atoms with Gasteiger partial charge in [0.05, 0.1) is 29.9 Å². The maximum absolute atomic E-state index is 13.0. The van der Waals surface area contributed by atoms with Crippen molar-refractivity contribution < 1.29 is 41.9 Å². The Kier molecular flexibility index (Phi) is 8.64. The second-order valence-electron chi connectivity index (χ2n) is 8.89. The normalized spacial score (nSPS) is 25.0. The zero-order chi connectivity index (χ0) is 26.5. The standard InChI is InChI=1S/C25H29NO9S/c1-4-25(2,3)22(28)19-21(35-24(30)17-13-9-6-10-14-17)20(18(27)15-33-36(31,32)26-19)34-23(29)16-11-7-5-8-12-16/h4-14,18-22,26-28H,1,15H2,2-3H3/t18-,19+,20-,21-,22-/m1/s1. The molecule has 0 radical (unpaired) electrons. The lowest BCUT2D eigenvalue weighted by atomic mass is 9.80. The molecule has 1 aliphatic rings. The number of benzene rings is 2. The summed E-state index contributed by atoms with van der Waals surface area (Å²) in [5.74, 6) is -1.75. The van der Waals surface area contributed by atoms with Crippen LogP contribution in [-0.4, -0.2) is 67.6 Å². The molecule has 0 amide bonds. The zero-order valence-electron chi connectivity index (χ0n) is 19.8. The van der Waals surface area contributed by atoms with Crippen molar-refractivity contribution in [1.29, 1.82) is 0 Å². The van der Waals surface area contributed by atoms with Crippen LogP contribution >= 0.6 is 0 Å². The zero-order valence-corrected chi connectivity index (χ0v) is 20.6. The highest BCUT2D eigenvalue weighted by atomic mass is 32.2. The van der Waals surface area contributed by atoms with Crippen molar-refractivity contribution in [3.05, 3.63) is 84.4 Å². The molecule has 0 aliphatic carbocycles. The average Bonchev–Trinajstić information content (AvgIpc) is 2.88. The second-order valence-corrected chi connectivity index (χ2v) is 10.3. The second kappa shape index (κ2) is 11.3. The van der Waals surface area contributed by atoms with Crippen molar-refractivity contribution in [3.8, 4) is 0 Å². The monoisotopic (exact) mass is 519 g/mol. The van der Waals surface area contributed by atoms with E-state index in [1.54, 1.807) is 50.2 Å². The van der Waals surface area contributed by atoms with E-state index in [2.05, 4.69) is 11.3 Å². The molecule has 0 spiro atoms. The smallest absolute Gasteiger partial charge is 0.338 e. The van der Waals surface area contributed by atoms with E-state index >= 15 is 0 Å². The average molecular weight is 520 g/mol. The first-order chi connectivity index (χ1) is 16.9. The fourth-order valence-corrected chi connectivity index (χ4v) is 4.57. The third-order valence-electron chi connectivity index (χ3n) is 5.87. The minimum atomic E-state index is -4.51. The molecule has 1 aliphatic heterocycles. The number of nitrogens with one attached hydrogen (secondary N) is 1. The molecule has 10 nitrogen and oxygen atoms in total. The highest BCUT2D eigenvalue weighted by Crippen LogP contribution is 2.31. The fraction of sp³-hybridized carbons (Fsp3) is 0.360. The van der Waals surface area contributed by atoms with E-state index in [-0.39, 0.29) is 11.1 Å². The van der Waals surface area contributed by atoms with Gasteiger partial charge in [-0.05, 0) is 24.3 Å². The Morgan fingerprint density at radius 3 is 1.97 bits per heavy atom. The van der Waals surface area contributed by atoms with Crippen LogP contribution in [0.4, 0.5) is 0 Å². The van der Waals surface area contributed by atoms with E-state index in [4.69, 9.17) is 13.7 Å². The number of ether oxygens (including phenoxy) is 2. The summed E-state index contributed by atoms with van der Waals surface area (Å²) in [4.78, 5) is 25.9. The van der Waals surface area contributed by atoms with Crippen molar-refractivity contribution in [2.75, 3.05) is 6.61 Å². The van der Waals surface area contributed by atoms with Crippen LogP contribution in [0.25, 0.3) is 0 Å². The lowest BCUT2D eigenvalue weighted by Gasteiger charge is -2.42. The first kappa shape index (κ1) is 27.5. The first-order valence-corrected chi connectivity index (χ1v) is 12.5. The van der Waals surface area contributed by atoms with E-state index in [0.717, 1.165) is 0 Å². The van der Waals surface area contributed by atoms with Gasteiger partial charge in [-0.15, -0.1) is 6.58 Å². The number of aliphatic hydroxyl groups excluding tert-OH is 2. The maximum atomic E-state index is 13.0. The topological polar surface area (TPSA) is 148 Å². The molecule has 194 valence electrons. The largest absolute Gasteiger partial charge is 0.453 e. The first-order valence-electron chi connectivity index (χ1n) is 11.1. The lowest BCUT2D eigenvalue weighted by molar-refractivity contribution is -0.120. The maximum Gasteiger partial charge on any atom is 0.338 e. The third kappa shape index (κ3) is 6.56. The van der Waals surface area contributed by atoms with Crippen LogP contribution in [-0.2, 0) is 24.0 Å². The summed E-state index contributed by atoms with van der Waals surface area (Å²) in [5.41, 5.74) is -0.842. The van der Waals surface area contributed by atoms with E-state index in [1.165, 1.54) is 30.3 Å². The van der Waals surface area contributed by atoms with Gasteiger partial charge in [0.2, 0.25) is 0 Å². The van der Waals surface area contributed by atoms with Crippen molar-refractivity contribution in [2.45, 2.75) is 44.3 Å². The number of aliphatic hydroxyl groups is 2. The van der Waals surface area contributed by atoms with Crippen LogP contribution in [0.15, 0.2) is 73.3 Å². The van der Waals surface area contributed by atoms with Gasteiger partial charge < -0.3 is 19.7 Å². The van der Waals surface area contributed by atoms with Crippen molar-refractivity contribution in [1.82, 2.24) is 4.72 Å². The summed E-state index contributed by atoms with van der Waals surface area (Å²) in [6.07, 6.45) is -5.17. The number of hydrogen-bond acceptors (Lipinski definition) is 9. The van der Waals surface area contributed by atoms with Gasteiger partial charge in [-0.25, -0.2) is 9.59 Å². The van der Waals surface area contributed by atoms with E-state index in [0.29, 0.717) is 0 Å². The number of carbonyl (C=O) groups is 2. The van der Waals surface area contributed by atoms with E-state index in [9.17, 15) is 28.2 Å². The molecule has 1 saturated heterocycles. The van der Waals surface area contributed by atoms with Gasteiger partial charge in [0.15, 0.2) is 12.2 Å². The Morgan fingerprint density at radius 1 is 1.03 bits per heavy atom.